The molecule has 1 nitrogen and oxygen atoms in total. The molecule has 3 aliphatic rings. The SMILES string of the molecule is CC1OC1CC1C2(C)CCC(C2)C1(C)C. The first-order chi connectivity index (χ1) is 6.93. The van der Waals surface area contributed by atoms with Gasteiger partial charge in [0.2, 0.25) is 0 Å². The molecule has 1 heteroatoms. The Morgan fingerprint density at radius 2 is 1.93 bits per heavy atom. The fourth-order valence-electron chi connectivity index (χ4n) is 4.70. The van der Waals surface area contributed by atoms with Gasteiger partial charge in [-0.15, -0.1) is 0 Å². The molecule has 2 saturated carbocycles. The molecule has 0 radical (unpaired) electrons. The van der Waals surface area contributed by atoms with Gasteiger partial charge in [0.25, 0.3) is 0 Å². The molecule has 2 bridgehead atoms. The van der Waals surface area contributed by atoms with E-state index < -0.39 is 0 Å². The van der Waals surface area contributed by atoms with Gasteiger partial charge in [-0.2, -0.15) is 0 Å². The summed E-state index contributed by atoms with van der Waals surface area (Å²) < 4.78 is 5.62. The lowest BCUT2D eigenvalue weighted by Crippen LogP contribution is -2.36. The average molecular weight is 208 g/mol. The highest BCUT2D eigenvalue weighted by Crippen LogP contribution is 2.67. The Bertz CT molecular complexity index is 278. The Labute approximate surface area is 93.6 Å². The lowest BCUT2D eigenvalue weighted by molar-refractivity contribution is 0.0602. The maximum absolute atomic E-state index is 5.62. The Hall–Kier alpha value is -0.0400. The average Bonchev–Trinajstić information content (AvgIpc) is 2.59. The van der Waals surface area contributed by atoms with Crippen molar-refractivity contribution in [2.75, 3.05) is 0 Å². The molecule has 15 heavy (non-hydrogen) atoms. The molecule has 5 unspecified atom stereocenters. The molecule has 3 fully saturated rings. The number of ether oxygens (including phenoxy) is 1. The molecule has 0 spiro atoms. The van der Waals surface area contributed by atoms with Crippen LogP contribution < -0.4 is 0 Å². The van der Waals surface area contributed by atoms with E-state index in [0.29, 0.717) is 23.0 Å². The smallest absolute Gasteiger partial charge is 0.0842 e. The van der Waals surface area contributed by atoms with Gasteiger partial charge >= 0.3 is 0 Å². The van der Waals surface area contributed by atoms with E-state index in [0.717, 1.165) is 11.8 Å². The van der Waals surface area contributed by atoms with Gasteiger partial charge in [0.1, 0.15) is 0 Å². The van der Waals surface area contributed by atoms with Gasteiger partial charge in [-0.1, -0.05) is 20.8 Å². The van der Waals surface area contributed by atoms with Crippen molar-refractivity contribution in [2.45, 2.75) is 65.6 Å². The van der Waals surface area contributed by atoms with Gasteiger partial charge in [0, 0.05) is 0 Å². The summed E-state index contributed by atoms with van der Waals surface area (Å²) in [7, 11) is 0. The van der Waals surface area contributed by atoms with Crippen LogP contribution in [0.5, 0.6) is 0 Å². The second-order valence-electron chi connectivity index (χ2n) is 7.08. The molecule has 2 aliphatic carbocycles. The third-order valence-corrected chi connectivity index (χ3v) is 5.87. The van der Waals surface area contributed by atoms with E-state index in [9.17, 15) is 0 Å². The molecular formula is C14H24O. The zero-order valence-electron chi connectivity index (χ0n) is 10.5. The summed E-state index contributed by atoms with van der Waals surface area (Å²) in [6.07, 6.45) is 6.87. The van der Waals surface area contributed by atoms with Crippen LogP contribution in [-0.4, -0.2) is 12.2 Å². The molecule has 1 heterocycles. The Kier molecular flexibility index (Phi) is 1.89. The maximum atomic E-state index is 5.62. The first kappa shape index (κ1) is 10.1. The van der Waals surface area contributed by atoms with Crippen LogP contribution in [0.1, 0.15) is 53.4 Å². The molecule has 3 rings (SSSR count). The van der Waals surface area contributed by atoms with Crippen LogP contribution in [0, 0.1) is 22.7 Å². The molecule has 0 aromatic carbocycles. The van der Waals surface area contributed by atoms with Crippen LogP contribution >= 0.6 is 0 Å². The number of rotatable bonds is 2. The fraction of sp³-hybridized carbons (Fsp3) is 1.00. The van der Waals surface area contributed by atoms with E-state index in [4.69, 9.17) is 4.74 Å². The van der Waals surface area contributed by atoms with Gasteiger partial charge in [0.15, 0.2) is 0 Å². The minimum Gasteiger partial charge on any atom is -0.370 e. The van der Waals surface area contributed by atoms with E-state index in [1.54, 1.807) is 0 Å². The van der Waals surface area contributed by atoms with Crippen LogP contribution in [0.3, 0.4) is 0 Å². The van der Waals surface area contributed by atoms with Crippen molar-refractivity contribution >= 4 is 0 Å². The fourth-order valence-corrected chi connectivity index (χ4v) is 4.70. The first-order valence-corrected chi connectivity index (χ1v) is 6.59. The Morgan fingerprint density at radius 1 is 1.27 bits per heavy atom. The molecule has 5 atom stereocenters. The van der Waals surface area contributed by atoms with Crippen molar-refractivity contribution in [1.82, 2.24) is 0 Å². The van der Waals surface area contributed by atoms with Gasteiger partial charge in [-0.05, 0) is 55.3 Å². The Morgan fingerprint density at radius 3 is 2.40 bits per heavy atom. The summed E-state index contributed by atoms with van der Waals surface area (Å²) >= 11 is 0. The van der Waals surface area contributed by atoms with E-state index in [-0.39, 0.29) is 0 Å². The normalized spacial score (nSPS) is 56.0. The summed E-state index contributed by atoms with van der Waals surface area (Å²) in [6.45, 7) is 9.74. The zero-order chi connectivity index (χ0) is 10.8. The highest BCUT2D eigenvalue weighted by molar-refractivity contribution is 5.09. The maximum Gasteiger partial charge on any atom is 0.0842 e. The summed E-state index contributed by atoms with van der Waals surface area (Å²) in [5.74, 6) is 1.89. The van der Waals surface area contributed by atoms with Crippen molar-refractivity contribution in [3.63, 3.8) is 0 Å². The van der Waals surface area contributed by atoms with Gasteiger partial charge in [-0.25, -0.2) is 0 Å². The molecule has 0 aromatic heterocycles. The van der Waals surface area contributed by atoms with Gasteiger partial charge in [0.05, 0.1) is 12.2 Å². The Balaban J connectivity index is 1.80. The van der Waals surface area contributed by atoms with E-state index in [2.05, 4.69) is 27.7 Å². The van der Waals surface area contributed by atoms with Gasteiger partial charge < -0.3 is 4.74 Å². The number of hydrogen-bond donors (Lipinski definition) is 0. The predicted molar refractivity (Wildman–Crippen MR) is 61.7 cm³/mol. The number of hydrogen-bond acceptors (Lipinski definition) is 1. The molecule has 0 amide bonds. The van der Waals surface area contributed by atoms with Crippen LogP contribution in [0.25, 0.3) is 0 Å². The van der Waals surface area contributed by atoms with Gasteiger partial charge in [-0.3, -0.25) is 0 Å². The largest absolute Gasteiger partial charge is 0.370 e. The van der Waals surface area contributed by atoms with Crippen molar-refractivity contribution in [3.05, 3.63) is 0 Å². The summed E-state index contributed by atoms with van der Waals surface area (Å²) in [4.78, 5) is 0. The van der Waals surface area contributed by atoms with Crippen molar-refractivity contribution < 1.29 is 4.74 Å². The molecule has 0 N–H and O–H groups in total. The third kappa shape index (κ3) is 1.32. The van der Waals surface area contributed by atoms with E-state index in [1.165, 1.54) is 25.7 Å². The molecular weight excluding hydrogens is 184 g/mol. The number of epoxide rings is 1. The second kappa shape index (κ2) is 2.80. The molecule has 0 aromatic rings. The lowest BCUT2D eigenvalue weighted by atomic mass is 9.62. The summed E-state index contributed by atoms with van der Waals surface area (Å²) in [5, 5.41) is 0. The number of fused-ring (bicyclic) bond motifs is 2. The first-order valence-electron chi connectivity index (χ1n) is 6.59. The minimum absolute atomic E-state index is 0.545. The van der Waals surface area contributed by atoms with Crippen LogP contribution in [-0.2, 0) is 4.74 Å². The summed E-state index contributed by atoms with van der Waals surface area (Å²) in [5.41, 5.74) is 1.21. The third-order valence-electron chi connectivity index (χ3n) is 5.87. The minimum atomic E-state index is 0.545. The highest BCUT2D eigenvalue weighted by atomic mass is 16.6. The zero-order valence-corrected chi connectivity index (χ0v) is 10.5. The van der Waals surface area contributed by atoms with Crippen molar-refractivity contribution in [2.24, 2.45) is 22.7 Å². The van der Waals surface area contributed by atoms with Crippen LogP contribution in [0.4, 0.5) is 0 Å². The highest BCUT2D eigenvalue weighted by Gasteiger charge is 2.60. The molecule has 1 saturated heterocycles. The van der Waals surface area contributed by atoms with E-state index in [1.807, 2.05) is 0 Å². The monoisotopic (exact) mass is 208 g/mol. The lowest BCUT2D eigenvalue weighted by Gasteiger charge is -2.42. The second-order valence-corrected chi connectivity index (χ2v) is 7.08. The quantitative estimate of drug-likeness (QED) is 0.631. The topological polar surface area (TPSA) is 12.5 Å². The summed E-state index contributed by atoms with van der Waals surface area (Å²) in [6, 6.07) is 0. The molecule has 1 aliphatic heterocycles. The van der Waals surface area contributed by atoms with E-state index >= 15 is 0 Å². The molecule has 86 valence electrons. The van der Waals surface area contributed by atoms with Crippen LogP contribution in [0.15, 0.2) is 0 Å². The predicted octanol–water partition coefficient (Wildman–Crippen LogP) is 3.63. The standard InChI is InChI=1S/C14H24O/c1-9-11(15-9)7-12-13(2,3)10-5-6-14(12,4)8-10/h9-12H,5-8H2,1-4H3. The van der Waals surface area contributed by atoms with Crippen LogP contribution in [0.2, 0.25) is 0 Å². The van der Waals surface area contributed by atoms with Crippen molar-refractivity contribution in [1.29, 1.82) is 0 Å². The van der Waals surface area contributed by atoms with Crippen molar-refractivity contribution in [3.8, 4) is 0 Å².